The number of methoxy groups -OCH3 is 1. The van der Waals surface area contributed by atoms with Gasteiger partial charge in [0.05, 0.1) is 12.8 Å². The molecule has 1 amide bonds. The van der Waals surface area contributed by atoms with Crippen LogP contribution in [-0.2, 0) is 14.8 Å². The molecule has 7 nitrogen and oxygen atoms in total. The zero-order chi connectivity index (χ0) is 26.7. The summed E-state index contributed by atoms with van der Waals surface area (Å²) in [6, 6.07) is 18.0. The van der Waals surface area contributed by atoms with Gasteiger partial charge in [0.25, 0.3) is 10.0 Å². The van der Waals surface area contributed by atoms with E-state index in [1.54, 1.807) is 41.3 Å². The quantitative estimate of drug-likeness (QED) is 0.429. The highest BCUT2D eigenvalue weighted by molar-refractivity contribution is 7.93. The Balaban J connectivity index is 1.59. The summed E-state index contributed by atoms with van der Waals surface area (Å²) in [5.41, 5.74) is 4.28. The molecule has 1 fully saturated rings. The summed E-state index contributed by atoms with van der Waals surface area (Å²) in [5, 5.41) is 0.671. The Kier molecular flexibility index (Phi) is 7.99. The number of halogens is 1. The maximum Gasteiger partial charge on any atom is 0.268 e. The summed E-state index contributed by atoms with van der Waals surface area (Å²) in [6.45, 7) is 7.68. The topological polar surface area (TPSA) is 70.2 Å². The number of hydrogen-bond donors (Lipinski definition) is 0. The monoisotopic (exact) mass is 541 g/mol. The maximum absolute atomic E-state index is 14.0. The van der Waals surface area contributed by atoms with E-state index >= 15 is 0 Å². The number of ether oxygens (including phenoxy) is 1. The highest BCUT2D eigenvalue weighted by Crippen LogP contribution is 2.32. The van der Waals surface area contributed by atoms with Gasteiger partial charge in [-0.15, -0.1) is 0 Å². The van der Waals surface area contributed by atoms with Crippen LogP contribution in [0.3, 0.4) is 0 Å². The van der Waals surface area contributed by atoms with E-state index in [2.05, 4.69) is 4.90 Å². The Morgan fingerprint density at radius 1 is 0.946 bits per heavy atom. The van der Waals surface area contributed by atoms with Crippen LogP contribution in [0.15, 0.2) is 65.6 Å². The van der Waals surface area contributed by atoms with Crippen LogP contribution in [0.4, 0.5) is 11.4 Å². The molecule has 1 saturated heterocycles. The molecule has 3 aromatic carbocycles. The van der Waals surface area contributed by atoms with Gasteiger partial charge in [-0.1, -0.05) is 35.9 Å². The number of anilines is 2. The second-order valence-electron chi connectivity index (χ2n) is 9.30. The number of benzene rings is 3. The highest BCUT2D eigenvalue weighted by atomic mass is 35.5. The zero-order valence-corrected chi connectivity index (χ0v) is 23.1. The number of nitrogens with zero attached hydrogens (tertiary/aromatic N) is 3. The SMILES string of the molecule is COc1ccc(C)cc1S(=O)(=O)N(CC(=O)N1CCN(c2cc(Cl)ccc2C)CC1)c1cccc(C)c1. The van der Waals surface area contributed by atoms with E-state index in [9.17, 15) is 13.2 Å². The summed E-state index contributed by atoms with van der Waals surface area (Å²) in [7, 11) is -2.66. The number of piperazine rings is 1. The Morgan fingerprint density at radius 3 is 2.32 bits per heavy atom. The summed E-state index contributed by atoms with van der Waals surface area (Å²) in [5.74, 6) is -0.0135. The van der Waals surface area contributed by atoms with E-state index in [4.69, 9.17) is 16.3 Å². The van der Waals surface area contributed by atoms with Crippen molar-refractivity contribution in [2.45, 2.75) is 25.7 Å². The summed E-state index contributed by atoms with van der Waals surface area (Å²) in [4.78, 5) is 17.4. The molecule has 9 heteroatoms. The van der Waals surface area contributed by atoms with Crippen LogP contribution >= 0.6 is 11.6 Å². The van der Waals surface area contributed by atoms with E-state index in [1.165, 1.54) is 11.4 Å². The summed E-state index contributed by atoms with van der Waals surface area (Å²) >= 11 is 6.20. The standard InChI is InChI=1S/C28H32ClN3O4S/c1-20-6-5-7-24(16-20)32(37(34,35)27-17-21(2)8-11-26(27)36-4)19-28(33)31-14-12-30(13-15-31)25-18-23(29)10-9-22(25)3/h5-11,16-18H,12-15,19H2,1-4H3. The van der Waals surface area contributed by atoms with Gasteiger partial charge in [-0.05, 0) is 73.9 Å². The Bertz CT molecular complexity index is 1400. The lowest BCUT2D eigenvalue weighted by molar-refractivity contribution is -0.129. The Hall–Kier alpha value is -3.23. The third-order valence-corrected chi connectivity index (χ3v) is 8.63. The third kappa shape index (κ3) is 5.86. The van der Waals surface area contributed by atoms with Gasteiger partial charge in [-0.25, -0.2) is 8.42 Å². The first-order chi connectivity index (χ1) is 17.6. The number of carbonyl (C=O) groups excluding carboxylic acids is 1. The molecular weight excluding hydrogens is 510 g/mol. The molecule has 196 valence electrons. The average molecular weight is 542 g/mol. The van der Waals surface area contributed by atoms with E-state index in [0.717, 1.165) is 22.4 Å². The van der Waals surface area contributed by atoms with Gasteiger partial charge in [0.15, 0.2) is 0 Å². The van der Waals surface area contributed by atoms with Crippen LogP contribution in [0.2, 0.25) is 5.02 Å². The molecular formula is C28H32ClN3O4S. The fourth-order valence-corrected chi connectivity index (χ4v) is 6.36. The van der Waals surface area contributed by atoms with Crippen LogP contribution in [0.25, 0.3) is 0 Å². The number of carbonyl (C=O) groups is 1. The normalized spacial score (nSPS) is 14.0. The van der Waals surface area contributed by atoms with Gasteiger partial charge in [0, 0.05) is 36.9 Å². The Labute approximate surface area is 224 Å². The molecule has 0 saturated carbocycles. The predicted molar refractivity (Wildman–Crippen MR) is 148 cm³/mol. The van der Waals surface area contributed by atoms with E-state index in [0.29, 0.717) is 36.9 Å². The first kappa shape index (κ1) is 26.8. The van der Waals surface area contributed by atoms with Crippen molar-refractivity contribution >= 4 is 38.9 Å². The largest absolute Gasteiger partial charge is 0.495 e. The van der Waals surface area contributed by atoms with Gasteiger partial charge in [-0.3, -0.25) is 9.10 Å². The third-order valence-electron chi connectivity index (χ3n) is 6.60. The number of sulfonamides is 1. The molecule has 3 aromatic rings. The molecule has 1 heterocycles. The van der Waals surface area contributed by atoms with Crippen molar-refractivity contribution in [2.75, 3.05) is 49.0 Å². The van der Waals surface area contributed by atoms with Gasteiger partial charge >= 0.3 is 0 Å². The highest BCUT2D eigenvalue weighted by Gasteiger charge is 2.32. The minimum Gasteiger partial charge on any atom is -0.495 e. The minimum absolute atomic E-state index is 0.0329. The van der Waals surface area contributed by atoms with E-state index in [-0.39, 0.29) is 23.1 Å². The molecule has 0 spiro atoms. The van der Waals surface area contributed by atoms with Crippen molar-refractivity contribution in [3.8, 4) is 5.75 Å². The second kappa shape index (κ2) is 11.0. The van der Waals surface area contributed by atoms with Crippen molar-refractivity contribution in [1.82, 2.24) is 4.90 Å². The fraction of sp³-hybridized carbons (Fsp3) is 0.321. The molecule has 0 unspecified atom stereocenters. The molecule has 37 heavy (non-hydrogen) atoms. The van der Waals surface area contributed by atoms with Crippen molar-refractivity contribution in [2.24, 2.45) is 0 Å². The van der Waals surface area contributed by atoms with Gasteiger partial charge in [-0.2, -0.15) is 0 Å². The van der Waals surface area contributed by atoms with Crippen LogP contribution in [0.5, 0.6) is 5.75 Å². The molecule has 0 aromatic heterocycles. The summed E-state index contributed by atoms with van der Waals surface area (Å²) in [6.07, 6.45) is 0. The smallest absolute Gasteiger partial charge is 0.268 e. The van der Waals surface area contributed by atoms with E-state index in [1.807, 2.05) is 45.0 Å². The molecule has 1 aliphatic rings. The second-order valence-corrected chi connectivity index (χ2v) is 11.6. The maximum atomic E-state index is 14.0. The van der Waals surface area contributed by atoms with Crippen LogP contribution in [-0.4, -0.2) is 59.1 Å². The molecule has 0 radical (unpaired) electrons. The Morgan fingerprint density at radius 2 is 1.65 bits per heavy atom. The predicted octanol–water partition coefficient (Wildman–Crippen LogP) is 4.82. The minimum atomic E-state index is -4.10. The first-order valence-electron chi connectivity index (χ1n) is 12.1. The van der Waals surface area contributed by atoms with Crippen LogP contribution in [0, 0.1) is 20.8 Å². The lowest BCUT2D eigenvalue weighted by Gasteiger charge is -2.37. The van der Waals surface area contributed by atoms with Crippen molar-refractivity contribution < 1.29 is 17.9 Å². The molecule has 0 bridgehead atoms. The number of amides is 1. The fourth-order valence-electron chi connectivity index (χ4n) is 4.55. The number of hydrogen-bond acceptors (Lipinski definition) is 5. The molecule has 0 N–H and O–H groups in total. The number of aryl methyl sites for hydroxylation is 3. The molecule has 1 aliphatic heterocycles. The van der Waals surface area contributed by atoms with Gasteiger partial charge < -0.3 is 14.5 Å². The average Bonchev–Trinajstić information content (AvgIpc) is 2.88. The lowest BCUT2D eigenvalue weighted by Crippen LogP contribution is -2.52. The lowest BCUT2D eigenvalue weighted by atomic mass is 10.1. The molecule has 0 atom stereocenters. The molecule has 4 rings (SSSR count). The number of rotatable bonds is 7. The van der Waals surface area contributed by atoms with Crippen LogP contribution < -0.4 is 13.9 Å². The first-order valence-corrected chi connectivity index (χ1v) is 13.9. The van der Waals surface area contributed by atoms with E-state index < -0.39 is 10.0 Å². The molecule has 0 aliphatic carbocycles. The van der Waals surface area contributed by atoms with Gasteiger partial charge in [0.2, 0.25) is 5.91 Å². The van der Waals surface area contributed by atoms with Crippen molar-refractivity contribution in [3.05, 3.63) is 82.4 Å². The van der Waals surface area contributed by atoms with Gasteiger partial charge in [0.1, 0.15) is 17.2 Å². The zero-order valence-electron chi connectivity index (χ0n) is 21.6. The van der Waals surface area contributed by atoms with Crippen molar-refractivity contribution in [1.29, 1.82) is 0 Å². The summed E-state index contributed by atoms with van der Waals surface area (Å²) < 4.78 is 34.5. The van der Waals surface area contributed by atoms with Crippen molar-refractivity contribution in [3.63, 3.8) is 0 Å². The van der Waals surface area contributed by atoms with Crippen LogP contribution in [0.1, 0.15) is 16.7 Å².